The number of amides is 2. The summed E-state index contributed by atoms with van der Waals surface area (Å²) < 4.78 is 7.68. The van der Waals surface area contributed by atoms with Gasteiger partial charge >= 0.3 is 0 Å². The number of halogens is 1. The number of ether oxygens (including phenoxy) is 1. The van der Waals surface area contributed by atoms with Crippen LogP contribution in [0.1, 0.15) is 77.2 Å². The Labute approximate surface area is 319 Å². The van der Waals surface area contributed by atoms with Crippen molar-refractivity contribution in [1.29, 1.82) is 0 Å². The molecule has 0 saturated heterocycles. The normalized spacial score (nSPS) is 14.0. The van der Waals surface area contributed by atoms with Crippen LogP contribution < -0.4 is 14.9 Å². The smallest absolute Gasteiger partial charge is 0.274 e. The van der Waals surface area contributed by atoms with Crippen molar-refractivity contribution in [1.82, 2.24) is 19.6 Å². The molecule has 276 valence electrons. The summed E-state index contributed by atoms with van der Waals surface area (Å²) >= 11 is 6.28. The molecule has 0 saturated carbocycles. The molecule has 0 spiro atoms. The van der Waals surface area contributed by atoms with Crippen LogP contribution in [0.15, 0.2) is 97.1 Å². The first-order valence-corrected chi connectivity index (χ1v) is 20.3. The summed E-state index contributed by atoms with van der Waals surface area (Å²) in [6.07, 6.45) is 4.42. The highest BCUT2D eigenvalue weighted by molar-refractivity contribution is 6.56. The van der Waals surface area contributed by atoms with Crippen LogP contribution in [0.4, 0.5) is 5.69 Å². The fraction of sp³-hybridized carbons (Fsp3) is 0.310. The molecule has 0 bridgehead atoms. The predicted molar refractivity (Wildman–Crippen MR) is 215 cm³/mol. The zero-order valence-electron chi connectivity index (χ0n) is 30.7. The van der Waals surface area contributed by atoms with Gasteiger partial charge in [0.25, 0.3) is 11.8 Å². The van der Waals surface area contributed by atoms with E-state index in [1.807, 2.05) is 96.8 Å². The Morgan fingerprint density at radius 1 is 0.943 bits per heavy atom. The molecule has 6 rings (SSSR count). The van der Waals surface area contributed by atoms with Crippen LogP contribution in [0.2, 0.25) is 5.02 Å². The summed E-state index contributed by atoms with van der Waals surface area (Å²) in [6, 6.07) is 30.6. The van der Waals surface area contributed by atoms with E-state index in [4.69, 9.17) is 21.4 Å². The third kappa shape index (κ3) is 9.01. The summed E-state index contributed by atoms with van der Waals surface area (Å²) in [7, 11) is -1.00. The van der Waals surface area contributed by atoms with Gasteiger partial charge in [-0.2, -0.15) is 5.10 Å². The molecule has 5 aromatic rings. The maximum absolute atomic E-state index is 14.7. The summed E-state index contributed by atoms with van der Waals surface area (Å²) in [5, 5.41) is 17.0. The number of aryl methyl sites for hydroxylation is 1. The highest BCUT2D eigenvalue weighted by Gasteiger charge is 2.32. The number of aliphatic hydroxyl groups is 1. The number of fused-ring (bicyclic) bond motifs is 1. The number of para-hydroxylation sites is 1. The van der Waals surface area contributed by atoms with Crippen LogP contribution in [0.5, 0.6) is 11.5 Å². The monoisotopic (exact) mass is 749 g/mol. The molecule has 53 heavy (non-hydrogen) atoms. The van der Waals surface area contributed by atoms with Crippen LogP contribution in [0.25, 0.3) is 5.69 Å². The molecule has 2 amide bonds. The van der Waals surface area contributed by atoms with E-state index in [0.717, 1.165) is 53.4 Å². The average molecular weight is 750 g/mol. The summed E-state index contributed by atoms with van der Waals surface area (Å²) in [5.74, 6) is 1.00. The first-order valence-electron chi connectivity index (χ1n) is 18.5. The molecule has 2 heterocycles. The van der Waals surface area contributed by atoms with Crippen LogP contribution >= 0.6 is 11.6 Å². The minimum atomic E-state index is -1.00. The molecule has 1 atom stereocenters. The molecular formula is C42H48ClN5O4Si. The number of nitrogens with zero attached hydrogens (tertiary/aromatic N) is 4. The van der Waals surface area contributed by atoms with Crippen molar-refractivity contribution in [2.24, 2.45) is 0 Å². The lowest BCUT2D eigenvalue weighted by molar-refractivity contribution is 0.0544. The van der Waals surface area contributed by atoms with Gasteiger partial charge < -0.3 is 24.6 Å². The number of rotatable bonds is 15. The number of aliphatic hydroxyl groups excluding tert-OH is 1. The predicted octanol–water partition coefficient (Wildman–Crippen LogP) is 7.05. The third-order valence-electron chi connectivity index (χ3n) is 9.72. The Kier molecular flexibility index (Phi) is 12.7. The summed E-state index contributed by atoms with van der Waals surface area (Å²) in [4.78, 5) is 35.7. The van der Waals surface area contributed by atoms with Crippen LogP contribution in [0.3, 0.4) is 0 Å². The van der Waals surface area contributed by atoms with E-state index in [1.165, 1.54) is 0 Å². The van der Waals surface area contributed by atoms with Gasteiger partial charge in [-0.05, 0) is 91.0 Å². The third-order valence-corrected chi connectivity index (χ3v) is 11.5. The Morgan fingerprint density at radius 2 is 1.64 bits per heavy atom. The topological polar surface area (TPSA) is 99.9 Å². The van der Waals surface area contributed by atoms with Crippen molar-refractivity contribution in [3.8, 4) is 17.2 Å². The van der Waals surface area contributed by atoms with E-state index < -0.39 is 9.68 Å². The number of aromatic nitrogens is 2. The average Bonchev–Trinajstić information content (AvgIpc) is 3.58. The van der Waals surface area contributed by atoms with Gasteiger partial charge in [0.15, 0.2) is 15.4 Å². The molecule has 11 heteroatoms. The fourth-order valence-corrected chi connectivity index (χ4v) is 7.95. The van der Waals surface area contributed by atoms with Crippen molar-refractivity contribution < 1.29 is 19.4 Å². The summed E-state index contributed by atoms with van der Waals surface area (Å²) in [6.45, 7) is 7.76. The second-order valence-corrected chi connectivity index (χ2v) is 15.5. The number of carbonyl (C=O) groups is 2. The second kappa shape index (κ2) is 17.7. The van der Waals surface area contributed by atoms with Crippen LogP contribution in [-0.4, -0.2) is 71.9 Å². The Morgan fingerprint density at radius 3 is 2.34 bits per heavy atom. The van der Waals surface area contributed by atoms with Crippen molar-refractivity contribution in [3.63, 3.8) is 0 Å². The highest BCUT2D eigenvalue weighted by Crippen LogP contribution is 2.30. The summed E-state index contributed by atoms with van der Waals surface area (Å²) in [5.41, 5.74) is 5.17. The number of nitrogens with one attached hydrogen (secondary N) is 1. The van der Waals surface area contributed by atoms with E-state index >= 15 is 0 Å². The van der Waals surface area contributed by atoms with Crippen molar-refractivity contribution >= 4 is 44.0 Å². The SMILES string of the molecule is CCCCN(CCCC)C(=O)c1cc(C)n(-c2ccc(N[SiH2]c3ccc(Oc4ccccc4Cl)cc3)cc2C(=O)N2Cc3ccccc3CC2CO)n1. The maximum Gasteiger partial charge on any atom is 0.274 e. The van der Waals surface area contributed by atoms with Crippen molar-refractivity contribution in [2.75, 3.05) is 24.7 Å². The molecule has 0 radical (unpaired) electrons. The molecule has 9 nitrogen and oxygen atoms in total. The van der Waals surface area contributed by atoms with E-state index in [-0.39, 0.29) is 24.5 Å². The van der Waals surface area contributed by atoms with Crippen LogP contribution in [-0.2, 0) is 13.0 Å². The lowest BCUT2D eigenvalue weighted by Crippen LogP contribution is -2.46. The standard InChI is InChI=1S/C42H48ClN5O4Si/c1-4-6-22-46(23-7-5-2)42(51)38-24-29(3)48(44-38)39-21-16-32(45-53-35-19-17-34(18-20-35)52-40-15-11-10-14-37(40)43)26-36(39)41(50)47-27-31-13-9-8-12-30(31)25-33(47)28-49/h8-21,24,26,33,45,49H,4-7,22-23,25,27-28,53H2,1-3H3. The minimum Gasteiger partial charge on any atom is -0.456 e. The highest BCUT2D eigenvalue weighted by atomic mass is 35.5. The zero-order chi connectivity index (χ0) is 37.3. The second-order valence-electron chi connectivity index (χ2n) is 13.6. The Balaban J connectivity index is 1.29. The molecule has 2 N–H and O–H groups in total. The van der Waals surface area contributed by atoms with Gasteiger partial charge in [0, 0.05) is 31.0 Å². The Hall–Kier alpha value is -4.90. The first kappa shape index (κ1) is 37.8. The van der Waals surface area contributed by atoms with E-state index in [1.54, 1.807) is 15.6 Å². The molecule has 1 aromatic heterocycles. The number of benzene rings is 4. The molecule has 0 aliphatic carbocycles. The molecule has 1 aliphatic heterocycles. The molecular weight excluding hydrogens is 702 g/mol. The number of unbranched alkanes of at least 4 members (excludes halogenated alkanes) is 2. The Bertz CT molecular complexity index is 2030. The lowest BCUT2D eigenvalue weighted by atomic mass is 9.93. The van der Waals surface area contributed by atoms with Crippen molar-refractivity contribution in [2.45, 2.75) is 65.5 Å². The van der Waals surface area contributed by atoms with Gasteiger partial charge in [-0.25, -0.2) is 4.68 Å². The number of carbonyl (C=O) groups excluding carboxylic acids is 2. The minimum absolute atomic E-state index is 0.0952. The van der Waals surface area contributed by atoms with Gasteiger partial charge in [0.2, 0.25) is 0 Å². The van der Waals surface area contributed by atoms with E-state index in [0.29, 0.717) is 59.5 Å². The first-order chi connectivity index (χ1) is 25.8. The van der Waals surface area contributed by atoms with E-state index in [2.05, 4.69) is 24.9 Å². The van der Waals surface area contributed by atoms with Gasteiger partial charge in [0.1, 0.15) is 11.5 Å². The van der Waals surface area contributed by atoms with Gasteiger partial charge in [0.05, 0.1) is 28.9 Å². The van der Waals surface area contributed by atoms with Crippen molar-refractivity contribution in [3.05, 3.63) is 130 Å². The zero-order valence-corrected chi connectivity index (χ0v) is 32.9. The molecule has 4 aromatic carbocycles. The van der Waals surface area contributed by atoms with Gasteiger partial charge in [-0.3, -0.25) is 9.59 Å². The van der Waals surface area contributed by atoms with Crippen LogP contribution in [0, 0.1) is 6.92 Å². The lowest BCUT2D eigenvalue weighted by Gasteiger charge is -2.36. The molecule has 0 fully saturated rings. The quantitative estimate of drug-likeness (QED) is 0.111. The molecule has 1 unspecified atom stereocenters. The van der Waals surface area contributed by atoms with Gasteiger partial charge in [-0.1, -0.05) is 86.8 Å². The molecule has 1 aliphatic rings. The number of hydrogen-bond donors (Lipinski definition) is 2. The largest absolute Gasteiger partial charge is 0.456 e. The fourth-order valence-electron chi connectivity index (χ4n) is 6.68. The van der Waals surface area contributed by atoms with Gasteiger partial charge in [-0.15, -0.1) is 0 Å². The maximum atomic E-state index is 14.7. The van der Waals surface area contributed by atoms with E-state index in [9.17, 15) is 14.7 Å². The number of hydrogen-bond acceptors (Lipinski definition) is 6. The number of anilines is 1.